The van der Waals surface area contributed by atoms with Crippen LogP contribution in [0, 0.1) is 38.3 Å². The summed E-state index contributed by atoms with van der Waals surface area (Å²) in [6.07, 6.45) is 12.3. The normalized spacial score (nSPS) is 23.3. The first kappa shape index (κ1) is 41.8. The van der Waals surface area contributed by atoms with Gasteiger partial charge < -0.3 is 14.2 Å². The first-order valence-corrected chi connectivity index (χ1v) is 22.6. The number of aromatic nitrogens is 9. The van der Waals surface area contributed by atoms with Crippen molar-refractivity contribution in [3.63, 3.8) is 0 Å². The molecule has 2 bridgehead atoms. The molecule has 5 atom stereocenters. The summed E-state index contributed by atoms with van der Waals surface area (Å²) >= 11 is 0. The van der Waals surface area contributed by atoms with Gasteiger partial charge in [-0.05, 0) is 131 Å². The van der Waals surface area contributed by atoms with Crippen molar-refractivity contribution in [3.05, 3.63) is 139 Å². The highest BCUT2D eigenvalue weighted by atomic mass is 19.1. The number of hydrogen-bond donors (Lipinski definition) is 1. The molecule has 1 saturated carbocycles. The number of amides is 1. The van der Waals surface area contributed by atoms with Gasteiger partial charge in [-0.1, -0.05) is 18.1 Å². The number of ether oxygens (including phenoxy) is 1. The molecule has 0 spiro atoms. The standard InChI is InChI=1S/C27H25F2N7O2.C22H25N3O3/c1-15-11-18(12-16(2)24(15)28)36-26(23-17(3)33(14-37)8-7-20(23)31-36)35-10-9-34(27(35)38)22-6-5-21-19(25(22)29)13-30-32(21)4;1-12-11-22(12,20-23-21(26)28-24-20)25-13(2)7-16-8-14(3-6-19(16)25)15-9-17-4-5-18(10-15)27-17/h5-6,9-14,17H,7-8H2,1-4H3;3,6-8,12,15,17-18H,4-5,9-11H2,1-2H3,(H,23,24,26). The molecule has 17 heteroatoms. The van der Waals surface area contributed by atoms with Gasteiger partial charge in [-0.25, -0.2) is 23.1 Å². The van der Waals surface area contributed by atoms with Crippen LogP contribution in [0.5, 0.6) is 0 Å². The van der Waals surface area contributed by atoms with Crippen molar-refractivity contribution in [2.45, 2.75) is 103 Å². The maximum atomic E-state index is 15.5. The molecule has 1 amide bonds. The fourth-order valence-corrected chi connectivity index (χ4v) is 11.2. The second-order valence-electron chi connectivity index (χ2n) is 18.7. The molecule has 4 aliphatic rings. The lowest BCUT2D eigenvalue weighted by Gasteiger charge is -2.30. The number of carbonyl (C=O) groups excluding carboxylic acids is 1. The maximum absolute atomic E-state index is 15.5. The molecule has 66 heavy (non-hydrogen) atoms. The monoisotopic (exact) mass is 896 g/mol. The summed E-state index contributed by atoms with van der Waals surface area (Å²) in [5.41, 5.74) is 6.61. The van der Waals surface area contributed by atoms with E-state index in [1.807, 2.05) is 6.92 Å². The Kier molecular flexibility index (Phi) is 9.73. The van der Waals surface area contributed by atoms with Crippen molar-refractivity contribution in [2.24, 2.45) is 13.0 Å². The highest BCUT2D eigenvalue weighted by Gasteiger charge is 2.58. The van der Waals surface area contributed by atoms with Crippen molar-refractivity contribution in [2.75, 3.05) is 6.54 Å². The molecule has 5 unspecified atom stereocenters. The SMILES string of the molecule is Cc1cc(-n2nc3c(c2-n2ccn(-c4ccc5c(cnn5C)c4F)c2=O)C(C)N(C=O)CC3)cc(C)c1F.Cc1cc2cc(C3CC4CCC(C3)O4)ccc2n1C1(c2noc(=O)[nH]2)CC1C. The van der Waals surface area contributed by atoms with Crippen LogP contribution >= 0.6 is 0 Å². The van der Waals surface area contributed by atoms with E-state index in [1.165, 1.54) is 56.5 Å². The van der Waals surface area contributed by atoms with Crippen molar-refractivity contribution >= 4 is 28.2 Å². The Balaban J connectivity index is 0.000000152. The molecular formula is C49H50F2N10O5. The zero-order valence-corrected chi connectivity index (χ0v) is 37.6. The number of rotatable bonds is 7. The van der Waals surface area contributed by atoms with Gasteiger partial charge in [0.15, 0.2) is 11.6 Å². The Morgan fingerprint density at radius 1 is 0.909 bits per heavy atom. The summed E-state index contributed by atoms with van der Waals surface area (Å²) in [5, 5.41) is 14.5. The van der Waals surface area contributed by atoms with E-state index in [9.17, 15) is 18.8 Å². The minimum atomic E-state index is -0.559. The van der Waals surface area contributed by atoms with Gasteiger partial charge in [0, 0.05) is 54.6 Å². The van der Waals surface area contributed by atoms with Crippen LogP contribution in [0.3, 0.4) is 0 Å². The summed E-state index contributed by atoms with van der Waals surface area (Å²) in [6.45, 7) is 10.0. The largest absolute Gasteiger partial charge is 0.438 e. The second-order valence-corrected chi connectivity index (χ2v) is 18.7. The Bertz CT molecular complexity index is 3330. The molecule has 8 aromatic rings. The molecule has 2 saturated heterocycles. The van der Waals surface area contributed by atoms with Crippen LogP contribution in [0.15, 0.2) is 81.2 Å². The first-order valence-electron chi connectivity index (χ1n) is 22.6. The van der Waals surface area contributed by atoms with Crippen LogP contribution in [0.25, 0.3) is 39.0 Å². The van der Waals surface area contributed by atoms with E-state index >= 15 is 4.39 Å². The number of imidazole rings is 1. The molecule has 1 aliphatic carbocycles. The number of hydrogen-bond acceptors (Lipinski definition) is 8. The molecule has 3 aromatic carbocycles. The van der Waals surface area contributed by atoms with Crippen molar-refractivity contribution in [1.82, 2.24) is 48.3 Å². The smallest absolute Gasteiger partial charge is 0.375 e. The number of nitrogens with zero attached hydrogens (tertiary/aromatic N) is 9. The molecule has 340 valence electrons. The Labute approximate surface area is 377 Å². The zero-order chi connectivity index (χ0) is 45.9. The van der Waals surface area contributed by atoms with E-state index in [0.717, 1.165) is 31.4 Å². The lowest BCUT2D eigenvalue weighted by atomic mass is 9.88. The third-order valence-electron chi connectivity index (χ3n) is 14.7. The van der Waals surface area contributed by atoms with Gasteiger partial charge >= 0.3 is 11.4 Å². The highest BCUT2D eigenvalue weighted by molar-refractivity contribution is 5.83. The summed E-state index contributed by atoms with van der Waals surface area (Å²) in [5.74, 6) is 0.702. The molecular weight excluding hydrogens is 847 g/mol. The van der Waals surface area contributed by atoms with Crippen LogP contribution in [0.4, 0.5) is 8.78 Å². The molecule has 12 rings (SSSR count). The van der Waals surface area contributed by atoms with Crippen molar-refractivity contribution in [3.8, 4) is 17.2 Å². The Hall–Kier alpha value is -6.88. The molecule has 8 heterocycles. The van der Waals surface area contributed by atoms with E-state index in [1.54, 1.807) is 65.6 Å². The number of H-pyrrole nitrogens is 1. The summed E-state index contributed by atoms with van der Waals surface area (Å²) in [4.78, 5) is 41.6. The average Bonchev–Trinajstić information content (AvgIpc) is 4.01. The fourth-order valence-electron chi connectivity index (χ4n) is 11.2. The molecule has 15 nitrogen and oxygen atoms in total. The number of carbonyl (C=O) groups is 1. The lowest BCUT2D eigenvalue weighted by molar-refractivity contribution is -0.120. The van der Waals surface area contributed by atoms with Crippen molar-refractivity contribution in [1.29, 1.82) is 0 Å². The molecule has 3 fully saturated rings. The number of nitrogens with one attached hydrogen (secondary N) is 1. The van der Waals surface area contributed by atoms with Crippen LogP contribution in [0.1, 0.15) is 97.4 Å². The molecule has 3 aliphatic heterocycles. The first-order chi connectivity index (χ1) is 31.7. The van der Waals surface area contributed by atoms with Crippen LogP contribution in [-0.4, -0.2) is 73.5 Å². The summed E-state index contributed by atoms with van der Waals surface area (Å²) < 4.78 is 49.0. The van der Waals surface area contributed by atoms with Crippen LogP contribution in [-0.2, 0) is 28.5 Å². The second kappa shape index (κ2) is 15.4. The Morgan fingerprint density at radius 2 is 1.62 bits per heavy atom. The van der Waals surface area contributed by atoms with Crippen molar-refractivity contribution < 1.29 is 22.8 Å². The number of aromatic amines is 1. The van der Waals surface area contributed by atoms with E-state index in [4.69, 9.17) is 14.4 Å². The van der Waals surface area contributed by atoms with Gasteiger partial charge in [0.25, 0.3) is 0 Å². The number of aryl methyl sites for hydroxylation is 4. The van der Waals surface area contributed by atoms with E-state index < -0.39 is 17.3 Å². The topological polar surface area (TPSA) is 156 Å². The lowest BCUT2D eigenvalue weighted by Crippen LogP contribution is -2.33. The average molecular weight is 897 g/mol. The predicted octanol–water partition coefficient (Wildman–Crippen LogP) is 7.51. The van der Waals surface area contributed by atoms with Gasteiger partial charge in [0.2, 0.25) is 6.41 Å². The van der Waals surface area contributed by atoms with Crippen LogP contribution in [0.2, 0.25) is 0 Å². The highest BCUT2D eigenvalue weighted by Crippen LogP contribution is 2.56. The minimum absolute atomic E-state index is 0.0882. The predicted molar refractivity (Wildman–Crippen MR) is 242 cm³/mol. The van der Waals surface area contributed by atoms with Gasteiger partial charge in [-0.3, -0.25) is 28.1 Å². The fraction of sp³-hybridized carbons (Fsp3) is 0.388. The van der Waals surface area contributed by atoms with E-state index in [0.29, 0.717) is 81.9 Å². The third kappa shape index (κ3) is 6.44. The van der Waals surface area contributed by atoms with Gasteiger partial charge in [0.05, 0.1) is 52.4 Å². The maximum Gasteiger partial charge on any atom is 0.438 e. The van der Waals surface area contributed by atoms with Gasteiger partial charge in [-0.2, -0.15) is 10.2 Å². The number of halogens is 2. The summed E-state index contributed by atoms with van der Waals surface area (Å²) in [7, 11) is 1.72. The van der Waals surface area contributed by atoms with E-state index in [2.05, 4.69) is 57.9 Å². The van der Waals surface area contributed by atoms with Gasteiger partial charge in [-0.15, -0.1) is 0 Å². The zero-order valence-electron chi connectivity index (χ0n) is 37.6. The molecule has 1 N–H and O–H groups in total. The number of fused-ring (bicyclic) bond motifs is 5. The summed E-state index contributed by atoms with van der Waals surface area (Å²) in [6, 6.07) is 15.4. The number of benzene rings is 3. The minimum Gasteiger partial charge on any atom is -0.375 e. The van der Waals surface area contributed by atoms with Crippen LogP contribution < -0.4 is 11.4 Å². The molecule has 5 aromatic heterocycles. The quantitative estimate of drug-likeness (QED) is 0.161. The van der Waals surface area contributed by atoms with Gasteiger partial charge in [0.1, 0.15) is 17.2 Å². The molecule has 0 radical (unpaired) electrons. The Morgan fingerprint density at radius 3 is 2.30 bits per heavy atom. The van der Waals surface area contributed by atoms with E-state index in [-0.39, 0.29) is 23.1 Å². The third-order valence-corrected chi connectivity index (χ3v) is 14.7.